The van der Waals surface area contributed by atoms with E-state index in [-0.39, 0.29) is 17.0 Å². The molecule has 0 bridgehead atoms. The molecule has 0 aliphatic heterocycles. The molecular formula is C22H31N3O4. The Hall–Kier alpha value is -2.83. The number of benzene rings is 1. The van der Waals surface area contributed by atoms with Crippen LogP contribution in [0.4, 0.5) is 0 Å². The molecule has 7 nitrogen and oxygen atoms in total. The number of amides is 1. The minimum atomic E-state index is -0.462. The highest BCUT2D eigenvalue weighted by Crippen LogP contribution is 2.30. The van der Waals surface area contributed by atoms with Gasteiger partial charge >= 0.3 is 0 Å². The zero-order chi connectivity index (χ0) is 21.8. The van der Waals surface area contributed by atoms with Crippen molar-refractivity contribution in [1.82, 2.24) is 15.3 Å². The van der Waals surface area contributed by atoms with E-state index in [1.165, 1.54) is 0 Å². The van der Waals surface area contributed by atoms with Gasteiger partial charge in [-0.25, -0.2) is 4.98 Å². The molecule has 29 heavy (non-hydrogen) atoms. The molecule has 2 rings (SSSR count). The third-order valence-electron chi connectivity index (χ3n) is 4.45. The number of hydrogen-bond acceptors (Lipinski definition) is 5. The summed E-state index contributed by atoms with van der Waals surface area (Å²) in [6.07, 6.45) is 0. The van der Waals surface area contributed by atoms with Gasteiger partial charge in [0.25, 0.3) is 11.5 Å². The minimum absolute atomic E-state index is 0.0285. The van der Waals surface area contributed by atoms with E-state index in [9.17, 15) is 9.59 Å². The summed E-state index contributed by atoms with van der Waals surface area (Å²) >= 11 is 0. The van der Waals surface area contributed by atoms with E-state index in [4.69, 9.17) is 9.47 Å². The van der Waals surface area contributed by atoms with Crippen LogP contribution in [-0.2, 0) is 5.41 Å². The van der Waals surface area contributed by atoms with Gasteiger partial charge < -0.3 is 19.8 Å². The molecule has 0 saturated carbocycles. The van der Waals surface area contributed by atoms with Gasteiger partial charge in [0, 0.05) is 5.41 Å². The molecule has 1 heterocycles. The Labute approximate surface area is 171 Å². The summed E-state index contributed by atoms with van der Waals surface area (Å²) in [4.78, 5) is 32.5. The maximum absolute atomic E-state index is 12.8. The van der Waals surface area contributed by atoms with Crippen molar-refractivity contribution in [1.29, 1.82) is 0 Å². The molecule has 0 saturated heterocycles. The van der Waals surface area contributed by atoms with E-state index in [1.807, 2.05) is 59.7 Å². The number of nitrogens with one attached hydrogen (secondary N) is 2. The number of hydrogen-bond donors (Lipinski definition) is 2. The molecule has 0 aliphatic rings. The van der Waals surface area contributed by atoms with E-state index < -0.39 is 11.5 Å². The van der Waals surface area contributed by atoms with Gasteiger partial charge in [0.15, 0.2) is 11.5 Å². The summed E-state index contributed by atoms with van der Waals surface area (Å²) in [6.45, 7) is 14.2. The fourth-order valence-electron chi connectivity index (χ4n) is 2.90. The van der Waals surface area contributed by atoms with Crippen molar-refractivity contribution in [3.05, 3.63) is 51.2 Å². The van der Waals surface area contributed by atoms with Gasteiger partial charge in [-0.1, -0.05) is 26.8 Å². The quantitative estimate of drug-likeness (QED) is 0.738. The molecular weight excluding hydrogens is 370 g/mol. The van der Waals surface area contributed by atoms with Crippen LogP contribution < -0.4 is 20.3 Å². The molecule has 0 radical (unpaired) electrons. The highest BCUT2D eigenvalue weighted by Gasteiger charge is 2.23. The maximum atomic E-state index is 12.8. The van der Waals surface area contributed by atoms with Crippen LogP contribution in [0.2, 0.25) is 0 Å². The van der Waals surface area contributed by atoms with Crippen molar-refractivity contribution < 1.29 is 14.3 Å². The fraction of sp³-hybridized carbons (Fsp3) is 0.500. The highest BCUT2D eigenvalue weighted by molar-refractivity contribution is 5.95. The summed E-state index contributed by atoms with van der Waals surface area (Å²) in [7, 11) is 0. The Balaban J connectivity index is 2.27. The van der Waals surface area contributed by atoms with E-state index in [2.05, 4.69) is 15.3 Å². The summed E-state index contributed by atoms with van der Waals surface area (Å²) in [6, 6.07) is 5.21. The summed E-state index contributed by atoms with van der Waals surface area (Å²) in [5, 5.41) is 2.88. The zero-order valence-corrected chi connectivity index (χ0v) is 18.3. The Bertz CT molecular complexity index is 929. The van der Waals surface area contributed by atoms with Crippen molar-refractivity contribution in [2.24, 2.45) is 0 Å². The van der Waals surface area contributed by atoms with Crippen LogP contribution in [-0.4, -0.2) is 29.1 Å². The zero-order valence-electron chi connectivity index (χ0n) is 18.3. The van der Waals surface area contributed by atoms with Gasteiger partial charge in [-0.05, 0) is 45.4 Å². The first kappa shape index (κ1) is 22.5. The van der Waals surface area contributed by atoms with Crippen LogP contribution >= 0.6 is 0 Å². The second-order valence-corrected chi connectivity index (χ2v) is 7.89. The largest absolute Gasteiger partial charge is 0.490 e. The van der Waals surface area contributed by atoms with E-state index in [1.54, 1.807) is 6.92 Å². The van der Waals surface area contributed by atoms with Crippen molar-refractivity contribution in [3.63, 3.8) is 0 Å². The highest BCUT2D eigenvalue weighted by atomic mass is 16.5. The average Bonchev–Trinajstić information content (AvgIpc) is 2.62. The molecule has 1 aromatic heterocycles. The Morgan fingerprint density at radius 3 is 2.34 bits per heavy atom. The van der Waals surface area contributed by atoms with Crippen LogP contribution in [0.1, 0.15) is 75.0 Å². The number of carbonyl (C=O) groups excluding carboxylic acids is 1. The van der Waals surface area contributed by atoms with Crippen molar-refractivity contribution >= 4 is 5.91 Å². The molecule has 1 unspecified atom stereocenters. The van der Waals surface area contributed by atoms with Gasteiger partial charge in [0.2, 0.25) is 0 Å². The van der Waals surface area contributed by atoms with Gasteiger partial charge in [-0.2, -0.15) is 0 Å². The minimum Gasteiger partial charge on any atom is -0.490 e. The van der Waals surface area contributed by atoms with Gasteiger partial charge in [0.1, 0.15) is 11.4 Å². The van der Waals surface area contributed by atoms with Crippen molar-refractivity contribution in [3.8, 4) is 11.5 Å². The smallest absolute Gasteiger partial charge is 0.264 e. The number of carbonyl (C=O) groups is 1. The molecule has 1 aromatic carbocycles. The number of H-pyrrole nitrogens is 1. The summed E-state index contributed by atoms with van der Waals surface area (Å²) in [5.41, 5.74) is 0.530. The van der Waals surface area contributed by atoms with Crippen LogP contribution in [0.5, 0.6) is 11.5 Å². The molecule has 2 aromatic rings. The number of aromatic nitrogens is 2. The molecule has 0 fully saturated rings. The first-order valence-corrected chi connectivity index (χ1v) is 9.90. The number of aryl methyl sites for hydroxylation is 1. The fourth-order valence-corrected chi connectivity index (χ4v) is 2.90. The predicted molar refractivity (Wildman–Crippen MR) is 113 cm³/mol. The SMILES string of the molecule is CCOc1ccc(C(C)NC(=O)c2c(C)nc(C(C)(C)C)[nH]c2=O)cc1OCC. The van der Waals surface area contributed by atoms with Crippen LogP contribution in [0.15, 0.2) is 23.0 Å². The Morgan fingerprint density at radius 2 is 1.79 bits per heavy atom. The van der Waals surface area contributed by atoms with Crippen LogP contribution in [0.3, 0.4) is 0 Å². The number of rotatable bonds is 7. The molecule has 158 valence electrons. The normalized spacial score (nSPS) is 12.4. The lowest BCUT2D eigenvalue weighted by Crippen LogP contribution is -2.35. The third kappa shape index (κ3) is 5.37. The van der Waals surface area contributed by atoms with Gasteiger partial charge in [-0.15, -0.1) is 0 Å². The van der Waals surface area contributed by atoms with E-state index in [0.717, 1.165) is 5.56 Å². The second kappa shape index (κ2) is 9.11. The maximum Gasteiger partial charge on any atom is 0.264 e. The number of aromatic amines is 1. The molecule has 1 atom stereocenters. The molecule has 0 spiro atoms. The van der Waals surface area contributed by atoms with E-state index >= 15 is 0 Å². The van der Waals surface area contributed by atoms with E-state index in [0.29, 0.717) is 36.2 Å². The van der Waals surface area contributed by atoms with Crippen LogP contribution in [0, 0.1) is 6.92 Å². The van der Waals surface area contributed by atoms with Gasteiger partial charge in [-0.3, -0.25) is 9.59 Å². The lowest BCUT2D eigenvalue weighted by molar-refractivity contribution is 0.0937. The molecule has 0 aliphatic carbocycles. The third-order valence-corrected chi connectivity index (χ3v) is 4.45. The predicted octanol–water partition coefficient (Wildman–Crippen LogP) is 3.66. The Kier molecular flexibility index (Phi) is 7.06. The van der Waals surface area contributed by atoms with Gasteiger partial charge in [0.05, 0.1) is 24.9 Å². The topological polar surface area (TPSA) is 93.3 Å². The lowest BCUT2D eigenvalue weighted by atomic mass is 9.95. The number of nitrogens with zero attached hydrogens (tertiary/aromatic N) is 1. The van der Waals surface area contributed by atoms with Crippen molar-refractivity contribution in [2.45, 2.75) is 59.9 Å². The summed E-state index contributed by atoms with van der Waals surface area (Å²) < 4.78 is 11.2. The first-order chi connectivity index (χ1) is 13.6. The molecule has 7 heteroatoms. The molecule has 2 N–H and O–H groups in total. The number of ether oxygens (including phenoxy) is 2. The standard InChI is InChI=1S/C22H31N3O4/c1-8-28-16-11-10-15(12-17(16)29-9-2)13(3)23-19(26)18-14(4)24-21(22(5,6)7)25-20(18)27/h10-13H,8-9H2,1-7H3,(H,23,26)(H,24,25,27). The Morgan fingerprint density at radius 1 is 1.17 bits per heavy atom. The first-order valence-electron chi connectivity index (χ1n) is 9.90. The average molecular weight is 402 g/mol. The lowest BCUT2D eigenvalue weighted by Gasteiger charge is -2.20. The van der Waals surface area contributed by atoms with Crippen molar-refractivity contribution in [2.75, 3.05) is 13.2 Å². The van der Waals surface area contributed by atoms with Crippen LogP contribution in [0.25, 0.3) is 0 Å². The second-order valence-electron chi connectivity index (χ2n) is 7.89. The monoisotopic (exact) mass is 401 g/mol. The molecule has 1 amide bonds. The summed E-state index contributed by atoms with van der Waals surface area (Å²) in [5.74, 6) is 1.37.